The highest BCUT2D eigenvalue weighted by Gasteiger charge is 2.55. The van der Waals surface area contributed by atoms with Crippen LogP contribution in [0.2, 0.25) is 15.1 Å². The summed E-state index contributed by atoms with van der Waals surface area (Å²) in [6.07, 6.45) is 2.95. The molecule has 7 nitrogen and oxygen atoms in total. The largest absolute Gasteiger partial charge is 0.494 e. The smallest absolute Gasteiger partial charge is 0.335 e. The molecule has 0 amide bonds. The molecule has 2 fully saturated rings. The number of carboxylic acid groups (broad SMARTS) is 1. The normalized spacial score (nSPS) is 19.5. The minimum Gasteiger partial charge on any atom is -0.494 e. The number of ether oxygens (including phenoxy) is 2. The first-order valence-corrected chi connectivity index (χ1v) is 15.7. The van der Waals surface area contributed by atoms with Gasteiger partial charge in [0.25, 0.3) is 0 Å². The lowest BCUT2D eigenvalue weighted by molar-refractivity contribution is 0.0696. The molecule has 0 aliphatic heterocycles. The van der Waals surface area contributed by atoms with Crippen molar-refractivity contribution < 1.29 is 23.9 Å². The fraction of sp³-hybridized carbons (Fsp3) is 0.281. The van der Waals surface area contributed by atoms with Crippen molar-refractivity contribution in [3.05, 3.63) is 91.1 Å². The van der Waals surface area contributed by atoms with Gasteiger partial charge in [-0.15, -0.1) is 11.3 Å². The molecular formula is C32H25Cl3N2O5S. The maximum absolute atomic E-state index is 11.6. The fourth-order valence-electron chi connectivity index (χ4n) is 5.66. The van der Waals surface area contributed by atoms with E-state index >= 15 is 0 Å². The number of benzene rings is 3. The monoisotopic (exact) mass is 654 g/mol. The molecule has 1 N–H and O–H groups in total. The Balaban J connectivity index is 1.13. The van der Waals surface area contributed by atoms with Gasteiger partial charge in [0, 0.05) is 21.9 Å². The maximum Gasteiger partial charge on any atom is 0.335 e. The Morgan fingerprint density at radius 2 is 1.88 bits per heavy atom. The first kappa shape index (κ1) is 28.5. The number of nitrogens with zero attached hydrogens (tertiary/aromatic N) is 2. The second kappa shape index (κ2) is 10.7. The van der Waals surface area contributed by atoms with Crippen LogP contribution in [0.4, 0.5) is 0 Å². The zero-order valence-corrected chi connectivity index (χ0v) is 26.2. The number of methoxy groups -OCH3 is 1. The number of hydrogen-bond acceptors (Lipinski definition) is 7. The highest BCUT2D eigenvalue weighted by Crippen LogP contribution is 2.62. The van der Waals surface area contributed by atoms with Crippen molar-refractivity contribution >= 4 is 62.3 Å². The van der Waals surface area contributed by atoms with Gasteiger partial charge in [0.05, 0.1) is 33.0 Å². The highest BCUT2D eigenvalue weighted by molar-refractivity contribution is 7.18. The molecule has 2 aromatic heterocycles. The Labute approximate surface area is 266 Å². The van der Waals surface area contributed by atoms with Gasteiger partial charge in [0.1, 0.15) is 40.1 Å². The third kappa shape index (κ3) is 5.04. The van der Waals surface area contributed by atoms with Crippen molar-refractivity contribution in [2.45, 2.75) is 50.0 Å². The van der Waals surface area contributed by atoms with Crippen LogP contribution in [0.3, 0.4) is 0 Å². The number of aromatic carboxylic acids is 1. The summed E-state index contributed by atoms with van der Waals surface area (Å²) >= 11 is 21.3. The molecule has 7 rings (SSSR count). The summed E-state index contributed by atoms with van der Waals surface area (Å²) in [5.74, 6) is 1.37. The van der Waals surface area contributed by atoms with Crippen molar-refractivity contribution in [2.24, 2.45) is 0 Å². The molecule has 11 heteroatoms. The van der Waals surface area contributed by atoms with Gasteiger partial charge in [0.2, 0.25) is 0 Å². The number of hydrogen-bond donors (Lipinski definition) is 1. The molecule has 2 aliphatic rings. The number of aromatic nitrogens is 2. The lowest BCUT2D eigenvalue weighted by Gasteiger charge is -2.12. The zero-order chi connectivity index (χ0) is 30.0. The molecule has 0 saturated heterocycles. The number of halogens is 3. The fourth-order valence-corrected chi connectivity index (χ4v) is 7.77. The Kier molecular flexibility index (Phi) is 7.08. The molecule has 2 saturated carbocycles. The average Bonchev–Trinajstić information content (AvgIpc) is 3.85. The summed E-state index contributed by atoms with van der Waals surface area (Å²) in [6, 6.07) is 14.3. The molecular weight excluding hydrogens is 631 g/mol. The van der Waals surface area contributed by atoms with Crippen molar-refractivity contribution in [1.82, 2.24) is 10.1 Å². The van der Waals surface area contributed by atoms with Gasteiger partial charge in [-0.2, -0.15) is 0 Å². The lowest BCUT2D eigenvalue weighted by Crippen LogP contribution is -2.04. The number of carbonyl (C=O) groups is 1. The van der Waals surface area contributed by atoms with Crippen LogP contribution in [0.15, 0.2) is 53.1 Å². The van der Waals surface area contributed by atoms with Crippen molar-refractivity contribution in [3.8, 4) is 22.8 Å². The maximum atomic E-state index is 11.6. The third-order valence-electron chi connectivity index (χ3n) is 8.35. The molecule has 2 atom stereocenters. The van der Waals surface area contributed by atoms with Crippen molar-refractivity contribution in [2.75, 3.05) is 7.11 Å². The second-order valence-electron chi connectivity index (χ2n) is 11.2. The summed E-state index contributed by atoms with van der Waals surface area (Å²) in [5, 5.41) is 16.4. The molecule has 3 aromatic carbocycles. The predicted molar refractivity (Wildman–Crippen MR) is 168 cm³/mol. The van der Waals surface area contributed by atoms with Gasteiger partial charge in [0.15, 0.2) is 0 Å². The van der Waals surface area contributed by atoms with Crippen LogP contribution in [0.1, 0.15) is 70.3 Å². The SMILES string of the molecule is COc1cc(C(=O)O)cc2sc(C3(C)CC3c3ccc(OCc4c(-c5c(Cl)cccc5Cl)noc4C4CC4)cc3Cl)nc12. The van der Waals surface area contributed by atoms with E-state index in [0.717, 1.165) is 45.9 Å². The van der Waals surface area contributed by atoms with Gasteiger partial charge in [-0.05, 0) is 67.1 Å². The highest BCUT2D eigenvalue weighted by atomic mass is 35.5. The molecule has 0 radical (unpaired) electrons. The Hall–Kier alpha value is -3.30. The van der Waals surface area contributed by atoms with E-state index in [1.165, 1.54) is 24.5 Å². The molecule has 2 unspecified atom stereocenters. The predicted octanol–water partition coefficient (Wildman–Crippen LogP) is 9.52. The van der Waals surface area contributed by atoms with E-state index in [2.05, 4.69) is 12.1 Å². The minimum atomic E-state index is -1.00. The standard InChI is InChI=1S/C32H25Cl3N2O5S/c1-32(31-36-28-24(40-2)10-16(30(38)39)11-25(28)43-31)13-20(32)18-9-8-17(12-23(18)35)41-14-19-27(37-42-29(19)15-6-7-15)26-21(33)4-3-5-22(26)34/h3-5,8-12,15,20H,6-7,13-14H2,1-2H3,(H,38,39). The first-order chi connectivity index (χ1) is 20.7. The third-order valence-corrected chi connectivity index (χ3v) is 10.6. The zero-order valence-electron chi connectivity index (χ0n) is 23.1. The molecule has 2 aliphatic carbocycles. The quantitative estimate of drug-likeness (QED) is 0.169. The number of carboxylic acids is 1. The van der Waals surface area contributed by atoms with E-state index in [4.69, 9.17) is 53.8 Å². The van der Waals surface area contributed by atoms with Crippen LogP contribution < -0.4 is 9.47 Å². The first-order valence-electron chi connectivity index (χ1n) is 13.8. The Morgan fingerprint density at radius 1 is 1.12 bits per heavy atom. The number of rotatable bonds is 9. The molecule has 43 heavy (non-hydrogen) atoms. The van der Waals surface area contributed by atoms with E-state index in [1.807, 2.05) is 18.2 Å². The summed E-state index contributed by atoms with van der Waals surface area (Å²) in [4.78, 5) is 16.5. The van der Waals surface area contributed by atoms with E-state index in [0.29, 0.717) is 49.3 Å². The Morgan fingerprint density at radius 3 is 2.56 bits per heavy atom. The van der Waals surface area contributed by atoms with Crippen LogP contribution in [0.5, 0.6) is 11.5 Å². The molecule has 2 heterocycles. The van der Waals surface area contributed by atoms with E-state index in [9.17, 15) is 9.90 Å². The molecule has 0 spiro atoms. The number of thiazole rings is 1. The summed E-state index contributed by atoms with van der Waals surface area (Å²) in [7, 11) is 1.52. The van der Waals surface area contributed by atoms with Crippen LogP contribution in [-0.4, -0.2) is 28.3 Å². The van der Waals surface area contributed by atoms with Crippen LogP contribution in [0.25, 0.3) is 21.5 Å². The van der Waals surface area contributed by atoms with Gasteiger partial charge < -0.3 is 19.1 Å². The van der Waals surface area contributed by atoms with Gasteiger partial charge >= 0.3 is 5.97 Å². The van der Waals surface area contributed by atoms with Crippen LogP contribution in [-0.2, 0) is 12.0 Å². The summed E-state index contributed by atoms with van der Waals surface area (Å²) in [6.45, 7) is 2.39. The van der Waals surface area contributed by atoms with Crippen LogP contribution >= 0.6 is 46.1 Å². The minimum absolute atomic E-state index is 0.160. The molecule has 5 aromatic rings. The lowest BCUT2D eigenvalue weighted by atomic mass is 10.0. The van der Waals surface area contributed by atoms with Gasteiger partial charge in [-0.25, -0.2) is 9.78 Å². The van der Waals surface area contributed by atoms with Gasteiger partial charge in [-0.3, -0.25) is 0 Å². The molecule has 0 bridgehead atoms. The number of fused-ring (bicyclic) bond motifs is 1. The van der Waals surface area contributed by atoms with Crippen molar-refractivity contribution in [3.63, 3.8) is 0 Å². The van der Waals surface area contributed by atoms with E-state index in [1.54, 1.807) is 24.3 Å². The van der Waals surface area contributed by atoms with Gasteiger partial charge in [-0.1, -0.05) is 59.0 Å². The van der Waals surface area contributed by atoms with E-state index in [-0.39, 0.29) is 23.5 Å². The summed E-state index contributed by atoms with van der Waals surface area (Å²) in [5.41, 5.74) is 3.70. The summed E-state index contributed by atoms with van der Waals surface area (Å²) < 4.78 is 18.2. The topological polar surface area (TPSA) is 94.7 Å². The van der Waals surface area contributed by atoms with Crippen LogP contribution in [0, 0.1) is 0 Å². The van der Waals surface area contributed by atoms with Crippen molar-refractivity contribution in [1.29, 1.82) is 0 Å². The molecule has 220 valence electrons. The van der Waals surface area contributed by atoms with E-state index < -0.39 is 5.97 Å². The average molecular weight is 656 g/mol. The second-order valence-corrected chi connectivity index (χ2v) is 13.5. The Bertz CT molecular complexity index is 1900.